The van der Waals surface area contributed by atoms with Crippen LogP contribution in [0, 0.1) is 6.92 Å². The summed E-state index contributed by atoms with van der Waals surface area (Å²) in [7, 11) is 0. The average molecular weight is 487 g/mol. The lowest BCUT2D eigenvalue weighted by Gasteiger charge is -2.15. The van der Waals surface area contributed by atoms with E-state index >= 15 is 0 Å². The Bertz CT molecular complexity index is 1760. The van der Waals surface area contributed by atoms with Crippen molar-refractivity contribution in [3.05, 3.63) is 114 Å². The normalized spacial score (nSPS) is 12.6. The van der Waals surface area contributed by atoms with Crippen molar-refractivity contribution in [3.8, 4) is 11.5 Å². The molecule has 5 rings (SSSR count). The monoisotopic (exact) mass is 486 g/mol. The molecule has 0 atom stereocenters. The Morgan fingerprint density at radius 2 is 1.62 bits per heavy atom. The molecule has 3 aromatic carbocycles. The Balaban J connectivity index is 1.60. The van der Waals surface area contributed by atoms with Crippen LogP contribution in [0.15, 0.2) is 94.3 Å². The first-order chi connectivity index (χ1) is 18.0. The van der Waals surface area contributed by atoms with E-state index in [1.165, 1.54) is 0 Å². The third-order valence-electron chi connectivity index (χ3n) is 6.58. The van der Waals surface area contributed by atoms with Crippen molar-refractivity contribution in [3.63, 3.8) is 0 Å². The fraction of sp³-hybridized carbons (Fsp3) is 0.0938. The van der Waals surface area contributed by atoms with E-state index in [1.807, 2.05) is 44.2 Å². The molecule has 0 fully saturated rings. The second-order valence-electron chi connectivity index (χ2n) is 8.74. The summed E-state index contributed by atoms with van der Waals surface area (Å²) >= 11 is 0. The molecule has 0 aliphatic rings. The molecule has 0 radical (unpaired) electrons. The molecule has 2 aromatic heterocycles. The quantitative estimate of drug-likeness (QED) is 0.170. The molecule has 0 saturated heterocycles. The number of carbonyl (C=O) groups excluding carboxylic acids is 1. The van der Waals surface area contributed by atoms with Crippen LogP contribution in [0.3, 0.4) is 0 Å². The maximum atomic E-state index is 11.2. The minimum absolute atomic E-state index is 0.510. The van der Waals surface area contributed by atoms with Gasteiger partial charge in [0, 0.05) is 16.7 Å². The van der Waals surface area contributed by atoms with Gasteiger partial charge in [0.05, 0.1) is 0 Å². The van der Waals surface area contributed by atoms with Crippen LogP contribution in [0.25, 0.3) is 50.9 Å². The molecule has 5 aromatic rings. The number of oxazole rings is 2. The highest BCUT2D eigenvalue weighted by atomic mass is 16.4. The zero-order chi connectivity index (χ0) is 26.1. The Morgan fingerprint density at radius 1 is 0.919 bits per heavy atom. The standard InChI is InChI=1S/C32H26N2O3/c1-6-21-12-14-27-29(16-21)36-31(33-27)24(8-3)19(4)23(7-2)25-10-9-11-26(20(25)5)32-34-28-15-13-22(18-35)17-30(28)37-32/h6-18H,1,3H2,2,4-5H3/b23-7+,24-19+. The summed E-state index contributed by atoms with van der Waals surface area (Å²) in [6.45, 7) is 14.0. The van der Waals surface area contributed by atoms with Gasteiger partial charge < -0.3 is 8.83 Å². The van der Waals surface area contributed by atoms with Gasteiger partial charge in [0.15, 0.2) is 11.2 Å². The number of hydrogen-bond acceptors (Lipinski definition) is 5. The first kappa shape index (κ1) is 23.9. The number of hydrogen-bond donors (Lipinski definition) is 0. The Kier molecular flexibility index (Phi) is 6.28. The average Bonchev–Trinajstić information content (AvgIpc) is 3.53. The van der Waals surface area contributed by atoms with E-state index in [4.69, 9.17) is 13.8 Å². The predicted octanol–water partition coefficient (Wildman–Crippen LogP) is 8.46. The molecule has 2 heterocycles. The molecule has 182 valence electrons. The number of rotatable bonds is 7. The van der Waals surface area contributed by atoms with Gasteiger partial charge in [0.25, 0.3) is 0 Å². The summed E-state index contributed by atoms with van der Waals surface area (Å²) in [6, 6.07) is 17.1. The number of fused-ring (bicyclic) bond motifs is 2. The second-order valence-corrected chi connectivity index (χ2v) is 8.74. The maximum Gasteiger partial charge on any atom is 0.227 e. The summed E-state index contributed by atoms with van der Waals surface area (Å²) in [4.78, 5) is 20.5. The molecular formula is C32H26N2O3. The van der Waals surface area contributed by atoms with Crippen molar-refractivity contribution in [1.29, 1.82) is 0 Å². The summed E-state index contributed by atoms with van der Waals surface area (Å²) in [5.74, 6) is 1.03. The third kappa shape index (κ3) is 4.25. The number of nitrogens with zero attached hydrogens (tertiary/aromatic N) is 2. The van der Waals surface area contributed by atoms with Gasteiger partial charge in [-0.15, -0.1) is 0 Å². The van der Waals surface area contributed by atoms with Gasteiger partial charge in [0.2, 0.25) is 11.8 Å². The van der Waals surface area contributed by atoms with Gasteiger partial charge in [-0.2, -0.15) is 0 Å². The van der Waals surface area contributed by atoms with Crippen molar-refractivity contribution in [1.82, 2.24) is 9.97 Å². The summed E-state index contributed by atoms with van der Waals surface area (Å²) in [6.07, 6.45) is 6.44. The van der Waals surface area contributed by atoms with Gasteiger partial charge in [0.1, 0.15) is 17.3 Å². The molecule has 0 aliphatic heterocycles. The predicted molar refractivity (Wildman–Crippen MR) is 150 cm³/mol. The van der Waals surface area contributed by atoms with Crippen LogP contribution in [0.5, 0.6) is 0 Å². The Labute approximate surface area is 215 Å². The first-order valence-electron chi connectivity index (χ1n) is 12.0. The van der Waals surface area contributed by atoms with E-state index < -0.39 is 0 Å². The number of aromatic nitrogens is 2. The van der Waals surface area contributed by atoms with Crippen molar-refractivity contribution in [2.24, 2.45) is 0 Å². The number of benzene rings is 3. The van der Waals surface area contributed by atoms with Crippen LogP contribution in [0.2, 0.25) is 0 Å². The van der Waals surface area contributed by atoms with E-state index in [0.29, 0.717) is 34.0 Å². The summed E-state index contributed by atoms with van der Waals surface area (Å²) in [5, 5.41) is 0. The topological polar surface area (TPSA) is 69.1 Å². The van der Waals surface area contributed by atoms with E-state index in [0.717, 1.165) is 50.8 Å². The van der Waals surface area contributed by atoms with Gasteiger partial charge in [-0.1, -0.05) is 49.6 Å². The highest BCUT2D eigenvalue weighted by Gasteiger charge is 2.19. The molecular weight excluding hydrogens is 460 g/mol. The van der Waals surface area contributed by atoms with Crippen LogP contribution in [-0.4, -0.2) is 16.3 Å². The number of aldehydes is 1. The highest BCUT2D eigenvalue weighted by Crippen LogP contribution is 2.36. The van der Waals surface area contributed by atoms with Crippen LogP contribution in [0.1, 0.15) is 46.8 Å². The second kappa shape index (κ2) is 9.70. The lowest BCUT2D eigenvalue weighted by Crippen LogP contribution is -1.96. The van der Waals surface area contributed by atoms with Crippen LogP contribution >= 0.6 is 0 Å². The fourth-order valence-electron chi connectivity index (χ4n) is 4.59. The molecule has 5 heteroatoms. The van der Waals surface area contributed by atoms with Crippen LogP contribution in [0.4, 0.5) is 0 Å². The minimum Gasteiger partial charge on any atom is -0.436 e. The molecule has 5 nitrogen and oxygen atoms in total. The van der Waals surface area contributed by atoms with Crippen molar-refractivity contribution < 1.29 is 13.6 Å². The lowest BCUT2D eigenvalue weighted by atomic mass is 9.89. The minimum atomic E-state index is 0.510. The number of carbonyl (C=O) groups is 1. The molecule has 0 unspecified atom stereocenters. The first-order valence-corrected chi connectivity index (χ1v) is 12.0. The highest BCUT2D eigenvalue weighted by molar-refractivity contribution is 5.93. The van der Waals surface area contributed by atoms with E-state index in [1.54, 1.807) is 30.4 Å². The SMILES string of the molecule is C=C/C(=C(C)\C(=C/C)c1cccc(-c2nc3ccc(C=O)cc3o2)c1C)c1nc2ccc(C=C)cc2o1. The van der Waals surface area contributed by atoms with Gasteiger partial charge in [-0.05, 0) is 85.0 Å². The van der Waals surface area contributed by atoms with Gasteiger partial charge in [-0.25, -0.2) is 9.97 Å². The summed E-state index contributed by atoms with van der Waals surface area (Å²) < 4.78 is 12.2. The fourth-order valence-corrected chi connectivity index (χ4v) is 4.59. The molecule has 0 saturated carbocycles. The lowest BCUT2D eigenvalue weighted by molar-refractivity contribution is 0.112. The molecule has 37 heavy (non-hydrogen) atoms. The molecule has 0 bridgehead atoms. The molecule has 0 N–H and O–H groups in total. The zero-order valence-corrected chi connectivity index (χ0v) is 21.0. The zero-order valence-electron chi connectivity index (χ0n) is 21.0. The largest absolute Gasteiger partial charge is 0.436 e. The van der Waals surface area contributed by atoms with Crippen molar-refractivity contribution in [2.75, 3.05) is 0 Å². The van der Waals surface area contributed by atoms with Crippen LogP contribution < -0.4 is 0 Å². The van der Waals surface area contributed by atoms with E-state index in [-0.39, 0.29) is 0 Å². The molecule has 0 spiro atoms. The van der Waals surface area contributed by atoms with Crippen molar-refractivity contribution >= 4 is 45.7 Å². The van der Waals surface area contributed by atoms with E-state index in [9.17, 15) is 4.79 Å². The number of allylic oxidation sites excluding steroid dienone is 5. The van der Waals surface area contributed by atoms with E-state index in [2.05, 4.69) is 37.2 Å². The van der Waals surface area contributed by atoms with Crippen molar-refractivity contribution in [2.45, 2.75) is 20.8 Å². The Hall–Kier alpha value is -4.77. The van der Waals surface area contributed by atoms with Gasteiger partial charge in [-0.3, -0.25) is 4.79 Å². The molecule has 0 amide bonds. The van der Waals surface area contributed by atoms with Gasteiger partial charge >= 0.3 is 0 Å². The third-order valence-corrected chi connectivity index (χ3v) is 6.58. The Morgan fingerprint density at radius 3 is 2.32 bits per heavy atom. The smallest absolute Gasteiger partial charge is 0.227 e. The maximum absolute atomic E-state index is 11.2. The molecule has 0 aliphatic carbocycles. The summed E-state index contributed by atoms with van der Waals surface area (Å²) in [5.41, 5.74) is 10.1. The van der Waals surface area contributed by atoms with Crippen LogP contribution in [-0.2, 0) is 0 Å².